The molecule has 1 unspecified atom stereocenters. The van der Waals surface area contributed by atoms with E-state index < -0.39 is 0 Å². The molecule has 0 bridgehead atoms. The molecule has 1 amide bonds. The molecular formula is C22H31N3O. The van der Waals surface area contributed by atoms with Gasteiger partial charge in [-0.1, -0.05) is 26.0 Å². The van der Waals surface area contributed by atoms with Crippen LogP contribution in [0.15, 0.2) is 36.5 Å². The van der Waals surface area contributed by atoms with Crippen molar-refractivity contribution in [2.24, 2.45) is 11.8 Å². The highest BCUT2D eigenvalue weighted by Gasteiger charge is 2.19. The van der Waals surface area contributed by atoms with Gasteiger partial charge in [0.05, 0.1) is 5.52 Å². The maximum absolute atomic E-state index is 11.8. The summed E-state index contributed by atoms with van der Waals surface area (Å²) in [6.07, 6.45) is 6.33. The number of amides is 1. The fourth-order valence-corrected chi connectivity index (χ4v) is 3.67. The van der Waals surface area contributed by atoms with E-state index in [2.05, 4.69) is 46.4 Å². The summed E-state index contributed by atoms with van der Waals surface area (Å²) < 4.78 is 0. The Morgan fingerprint density at radius 3 is 2.88 bits per heavy atom. The van der Waals surface area contributed by atoms with E-state index >= 15 is 0 Å². The lowest BCUT2D eigenvalue weighted by molar-refractivity contribution is -0.124. The van der Waals surface area contributed by atoms with Crippen LogP contribution in [0.1, 0.15) is 45.1 Å². The molecule has 4 nitrogen and oxygen atoms in total. The molecule has 1 atom stereocenters. The van der Waals surface area contributed by atoms with Crippen LogP contribution in [-0.2, 0) is 11.3 Å². The lowest BCUT2D eigenvalue weighted by Crippen LogP contribution is -2.35. The van der Waals surface area contributed by atoms with Crippen LogP contribution >= 0.6 is 0 Å². The Hall–Kier alpha value is -1.94. The van der Waals surface area contributed by atoms with Crippen LogP contribution in [0.5, 0.6) is 0 Å². The summed E-state index contributed by atoms with van der Waals surface area (Å²) in [5, 5.41) is 4.31. The van der Waals surface area contributed by atoms with Gasteiger partial charge in [0, 0.05) is 30.6 Å². The standard InChI is InChI=1S/C22H31N3O/c1-3-17(2)22(26)24-12-8-18-9-13-25(14-10-18)16-19-6-7-21-20(15-19)5-4-11-23-21/h4-7,11,15,17-18H,3,8-10,12-14,16H2,1-2H3,(H,24,26). The molecule has 0 spiro atoms. The molecule has 1 aromatic heterocycles. The quantitative estimate of drug-likeness (QED) is 0.818. The molecule has 26 heavy (non-hydrogen) atoms. The molecule has 140 valence electrons. The van der Waals surface area contributed by atoms with Crippen LogP contribution in [-0.4, -0.2) is 35.4 Å². The number of likely N-dealkylation sites (tertiary alicyclic amines) is 1. The Morgan fingerprint density at radius 1 is 1.31 bits per heavy atom. The van der Waals surface area contributed by atoms with Crippen molar-refractivity contribution in [3.8, 4) is 0 Å². The zero-order valence-corrected chi connectivity index (χ0v) is 16.1. The van der Waals surface area contributed by atoms with E-state index in [0.29, 0.717) is 0 Å². The summed E-state index contributed by atoms with van der Waals surface area (Å²) in [4.78, 5) is 18.8. The molecule has 1 saturated heterocycles. The van der Waals surface area contributed by atoms with Gasteiger partial charge in [0.25, 0.3) is 0 Å². The molecule has 2 heterocycles. The monoisotopic (exact) mass is 353 g/mol. The first kappa shape index (κ1) is 18.8. The molecule has 4 heteroatoms. The summed E-state index contributed by atoms with van der Waals surface area (Å²) in [5.74, 6) is 1.08. The number of pyridine rings is 1. The summed E-state index contributed by atoms with van der Waals surface area (Å²) >= 11 is 0. The molecule has 1 fully saturated rings. The van der Waals surface area contributed by atoms with Gasteiger partial charge in [0.2, 0.25) is 5.91 Å². The number of fused-ring (bicyclic) bond motifs is 1. The second kappa shape index (κ2) is 9.13. The molecule has 1 N–H and O–H groups in total. The zero-order chi connectivity index (χ0) is 18.4. The number of nitrogens with zero attached hydrogens (tertiary/aromatic N) is 2. The Labute approximate surface area is 157 Å². The minimum absolute atomic E-state index is 0.133. The largest absolute Gasteiger partial charge is 0.356 e. The highest BCUT2D eigenvalue weighted by atomic mass is 16.1. The first-order chi connectivity index (χ1) is 12.7. The molecule has 0 aliphatic carbocycles. The Balaban J connectivity index is 1.41. The number of aromatic nitrogens is 1. The van der Waals surface area contributed by atoms with Gasteiger partial charge < -0.3 is 5.32 Å². The maximum Gasteiger partial charge on any atom is 0.222 e. The number of rotatable bonds is 7. The summed E-state index contributed by atoms with van der Waals surface area (Å²) in [5.41, 5.74) is 2.43. The van der Waals surface area contributed by atoms with Crippen LogP contribution in [0, 0.1) is 11.8 Å². The number of hydrogen-bond donors (Lipinski definition) is 1. The molecule has 0 saturated carbocycles. The Morgan fingerprint density at radius 2 is 2.12 bits per heavy atom. The first-order valence-electron chi connectivity index (χ1n) is 9.99. The third-order valence-corrected chi connectivity index (χ3v) is 5.69. The topological polar surface area (TPSA) is 45.2 Å². The van der Waals surface area contributed by atoms with Crippen LogP contribution in [0.2, 0.25) is 0 Å². The second-order valence-electron chi connectivity index (χ2n) is 7.64. The molecule has 1 aliphatic heterocycles. The minimum atomic E-state index is 0.133. The SMILES string of the molecule is CCC(C)C(=O)NCCC1CCN(Cc2ccc3ncccc3c2)CC1. The van der Waals surface area contributed by atoms with Gasteiger partial charge in [0.1, 0.15) is 0 Å². The lowest BCUT2D eigenvalue weighted by atomic mass is 9.93. The third kappa shape index (κ3) is 5.04. The number of carbonyl (C=O) groups is 1. The average Bonchev–Trinajstić information content (AvgIpc) is 2.68. The van der Waals surface area contributed by atoms with Crippen LogP contribution in [0.3, 0.4) is 0 Å². The molecular weight excluding hydrogens is 322 g/mol. The zero-order valence-electron chi connectivity index (χ0n) is 16.1. The van der Waals surface area contributed by atoms with E-state index in [0.717, 1.165) is 50.5 Å². The van der Waals surface area contributed by atoms with E-state index in [1.807, 2.05) is 19.2 Å². The predicted octanol–water partition coefficient (Wildman–Crippen LogP) is 4.00. The van der Waals surface area contributed by atoms with Crippen LogP contribution in [0.4, 0.5) is 0 Å². The molecule has 1 aliphatic rings. The number of hydrogen-bond acceptors (Lipinski definition) is 3. The molecule has 3 rings (SSSR count). The molecule has 2 aromatic rings. The van der Waals surface area contributed by atoms with E-state index in [-0.39, 0.29) is 11.8 Å². The van der Waals surface area contributed by atoms with Gasteiger partial charge in [-0.2, -0.15) is 0 Å². The van der Waals surface area contributed by atoms with Gasteiger partial charge in [0.15, 0.2) is 0 Å². The van der Waals surface area contributed by atoms with E-state index in [1.54, 1.807) is 0 Å². The van der Waals surface area contributed by atoms with Crippen LogP contribution in [0.25, 0.3) is 10.9 Å². The lowest BCUT2D eigenvalue weighted by Gasteiger charge is -2.32. The van der Waals surface area contributed by atoms with Gasteiger partial charge in [-0.25, -0.2) is 0 Å². The third-order valence-electron chi connectivity index (χ3n) is 5.69. The summed E-state index contributed by atoms with van der Waals surface area (Å²) in [7, 11) is 0. The average molecular weight is 354 g/mol. The predicted molar refractivity (Wildman–Crippen MR) is 107 cm³/mol. The Kier molecular flexibility index (Phi) is 6.62. The number of piperidine rings is 1. The molecule has 0 radical (unpaired) electrons. The first-order valence-corrected chi connectivity index (χ1v) is 9.99. The van der Waals surface area contributed by atoms with E-state index in [4.69, 9.17) is 0 Å². The van der Waals surface area contributed by atoms with Crippen molar-refractivity contribution in [1.29, 1.82) is 0 Å². The summed E-state index contributed by atoms with van der Waals surface area (Å²) in [6, 6.07) is 10.7. The van der Waals surface area contributed by atoms with Gasteiger partial charge in [-0.15, -0.1) is 0 Å². The van der Waals surface area contributed by atoms with Gasteiger partial charge in [-0.05, 0) is 68.5 Å². The van der Waals surface area contributed by atoms with Crippen LogP contribution < -0.4 is 5.32 Å². The van der Waals surface area contributed by atoms with Crippen molar-refractivity contribution in [3.05, 3.63) is 42.1 Å². The number of benzene rings is 1. The van der Waals surface area contributed by atoms with Crippen molar-refractivity contribution in [1.82, 2.24) is 15.2 Å². The number of nitrogens with one attached hydrogen (secondary N) is 1. The van der Waals surface area contributed by atoms with Gasteiger partial charge in [-0.3, -0.25) is 14.7 Å². The van der Waals surface area contributed by atoms with Crippen molar-refractivity contribution in [2.75, 3.05) is 19.6 Å². The van der Waals surface area contributed by atoms with Crippen molar-refractivity contribution in [3.63, 3.8) is 0 Å². The maximum atomic E-state index is 11.8. The van der Waals surface area contributed by atoms with Gasteiger partial charge >= 0.3 is 0 Å². The normalized spacial score (nSPS) is 17.3. The van der Waals surface area contributed by atoms with Crippen molar-refractivity contribution in [2.45, 2.75) is 46.1 Å². The Bertz CT molecular complexity index is 722. The minimum Gasteiger partial charge on any atom is -0.356 e. The highest BCUT2D eigenvalue weighted by molar-refractivity contribution is 5.79. The van der Waals surface area contributed by atoms with E-state index in [9.17, 15) is 4.79 Å². The smallest absolute Gasteiger partial charge is 0.222 e. The van der Waals surface area contributed by atoms with E-state index in [1.165, 1.54) is 23.8 Å². The summed E-state index contributed by atoms with van der Waals surface area (Å²) in [6.45, 7) is 8.20. The molecule has 1 aromatic carbocycles. The number of carbonyl (C=O) groups excluding carboxylic acids is 1. The second-order valence-corrected chi connectivity index (χ2v) is 7.64. The highest BCUT2D eigenvalue weighted by Crippen LogP contribution is 2.22. The van der Waals surface area contributed by atoms with Crippen molar-refractivity contribution < 1.29 is 4.79 Å². The fraction of sp³-hybridized carbons (Fsp3) is 0.545. The van der Waals surface area contributed by atoms with Crippen molar-refractivity contribution >= 4 is 16.8 Å². The fourth-order valence-electron chi connectivity index (χ4n) is 3.67.